The Hall–Kier alpha value is -0.803. The van der Waals surface area contributed by atoms with E-state index in [1.807, 2.05) is 0 Å². The number of hydrogen-bond donors (Lipinski definition) is 1. The average Bonchev–Trinajstić information content (AvgIpc) is 2.22. The van der Waals surface area contributed by atoms with Gasteiger partial charge in [0.1, 0.15) is 0 Å². The van der Waals surface area contributed by atoms with Crippen molar-refractivity contribution in [2.45, 2.75) is 66.2 Å². The van der Waals surface area contributed by atoms with Crippen LogP contribution in [0.4, 0.5) is 5.69 Å². The third-order valence-corrected chi connectivity index (χ3v) is 4.16. The highest BCUT2D eigenvalue weighted by molar-refractivity contribution is 6.48. The molecule has 1 atom stereocenters. The van der Waals surface area contributed by atoms with Gasteiger partial charge in [-0.2, -0.15) is 0 Å². The molecule has 1 aromatic carbocycles. The van der Waals surface area contributed by atoms with Crippen LogP contribution < -0.4 is 5.73 Å². The molecular weight excluding hydrogens is 262 g/mol. The molecule has 0 amide bonds. The standard InChI is InChI=1S/C17H31NOSi/c1-16(2,3)13-9-12(10-14(18)11-13)15(17(4,5)6)19-20(7)8/h9-11,15,20H,18H2,1-8H3. The van der Waals surface area contributed by atoms with Gasteiger partial charge in [-0.3, -0.25) is 0 Å². The number of nitrogens with two attached hydrogens (primary N) is 1. The molecule has 1 unspecified atom stereocenters. The summed E-state index contributed by atoms with van der Waals surface area (Å²) in [7, 11) is -1.11. The largest absolute Gasteiger partial charge is 0.413 e. The van der Waals surface area contributed by atoms with Crippen LogP contribution >= 0.6 is 0 Å². The Morgan fingerprint density at radius 1 is 1.00 bits per heavy atom. The van der Waals surface area contributed by atoms with Crippen LogP contribution in [0.1, 0.15) is 58.8 Å². The van der Waals surface area contributed by atoms with Gasteiger partial charge < -0.3 is 10.2 Å². The van der Waals surface area contributed by atoms with Crippen LogP contribution in [0.2, 0.25) is 13.1 Å². The van der Waals surface area contributed by atoms with Crippen molar-refractivity contribution in [2.75, 3.05) is 5.73 Å². The van der Waals surface area contributed by atoms with Crippen LogP contribution in [0.15, 0.2) is 18.2 Å². The molecule has 0 radical (unpaired) electrons. The van der Waals surface area contributed by atoms with Crippen molar-refractivity contribution < 1.29 is 4.43 Å². The second-order valence-electron chi connectivity index (χ2n) is 8.07. The minimum atomic E-state index is -1.11. The normalized spacial score (nSPS) is 14.7. The number of anilines is 1. The highest BCUT2D eigenvalue weighted by atomic mass is 28.3. The summed E-state index contributed by atoms with van der Waals surface area (Å²) in [5.74, 6) is 0. The Bertz CT molecular complexity index is 455. The van der Waals surface area contributed by atoms with E-state index in [4.69, 9.17) is 10.2 Å². The monoisotopic (exact) mass is 293 g/mol. The Morgan fingerprint density at radius 2 is 1.55 bits per heavy atom. The number of rotatable bonds is 3. The van der Waals surface area contributed by atoms with Gasteiger partial charge in [-0.25, -0.2) is 0 Å². The maximum atomic E-state index is 6.31. The van der Waals surface area contributed by atoms with Gasteiger partial charge in [0.15, 0.2) is 9.04 Å². The first-order chi connectivity index (χ1) is 8.91. The number of hydrogen-bond acceptors (Lipinski definition) is 2. The van der Waals surface area contributed by atoms with Crippen LogP contribution in [0.5, 0.6) is 0 Å². The third-order valence-electron chi connectivity index (χ3n) is 3.34. The molecule has 1 rings (SSSR count). The van der Waals surface area contributed by atoms with E-state index in [0.717, 1.165) is 5.69 Å². The van der Waals surface area contributed by atoms with Crippen molar-refractivity contribution in [2.24, 2.45) is 5.41 Å². The molecule has 0 aliphatic carbocycles. The van der Waals surface area contributed by atoms with E-state index in [0.29, 0.717) is 0 Å². The molecule has 0 saturated carbocycles. The molecule has 2 nitrogen and oxygen atoms in total. The summed E-state index contributed by atoms with van der Waals surface area (Å²) >= 11 is 0. The maximum Gasteiger partial charge on any atom is 0.171 e. The molecule has 3 heteroatoms. The molecule has 0 saturated heterocycles. The summed E-state index contributed by atoms with van der Waals surface area (Å²) in [6.07, 6.45) is 0.110. The van der Waals surface area contributed by atoms with E-state index in [9.17, 15) is 0 Å². The van der Waals surface area contributed by atoms with Crippen molar-refractivity contribution >= 4 is 14.7 Å². The van der Waals surface area contributed by atoms with Gasteiger partial charge in [0, 0.05) is 5.69 Å². The molecule has 0 heterocycles. The van der Waals surface area contributed by atoms with Crippen molar-refractivity contribution in [3.8, 4) is 0 Å². The molecule has 0 aliphatic heterocycles. The van der Waals surface area contributed by atoms with Crippen LogP contribution in [-0.4, -0.2) is 9.04 Å². The summed E-state index contributed by atoms with van der Waals surface area (Å²) < 4.78 is 6.31. The van der Waals surface area contributed by atoms with E-state index in [1.54, 1.807) is 0 Å². The first-order valence-electron chi connectivity index (χ1n) is 7.47. The zero-order chi connectivity index (χ0) is 15.7. The van der Waals surface area contributed by atoms with Gasteiger partial charge in [0.2, 0.25) is 0 Å². The zero-order valence-electron chi connectivity index (χ0n) is 14.4. The number of benzene rings is 1. The van der Waals surface area contributed by atoms with Crippen LogP contribution in [0, 0.1) is 5.41 Å². The summed E-state index contributed by atoms with van der Waals surface area (Å²) in [5, 5.41) is 0. The first kappa shape index (κ1) is 17.2. The minimum Gasteiger partial charge on any atom is -0.413 e. The molecule has 0 spiro atoms. The second-order valence-corrected chi connectivity index (χ2v) is 10.4. The lowest BCUT2D eigenvalue weighted by Gasteiger charge is -2.34. The van der Waals surface area contributed by atoms with Gasteiger partial charge in [-0.15, -0.1) is 0 Å². The zero-order valence-corrected chi connectivity index (χ0v) is 15.5. The van der Waals surface area contributed by atoms with Crippen molar-refractivity contribution in [1.82, 2.24) is 0 Å². The van der Waals surface area contributed by atoms with Crippen molar-refractivity contribution in [3.05, 3.63) is 29.3 Å². The first-order valence-corrected chi connectivity index (χ1v) is 10.3. The SMILES string of the molecule is C[SiH](C)OC(c1cc(N)cc(C(C)(C)C)c1)C(C)(C)C. The Morgan fingerprint density at radius 3 is 1.95 bits per heavy atom. The quantitative estimate of drug-likeness (QED) is 0.650. The van der Waals surface area contributed by atoms with Gasteiger partial charge in [0.05, 0.1) is 6.10 Å². The molecule has 0 fully saturated rings. The predicted molar refractivity (Wildman–Crippen MR) is 91.7 cm³/mol. The molecular formula is C17H31NOSi. The lowest BCUT2D eigenvalue weighted by molar-refractivity contribution is 0.0865. The Kier molecular flexibility index (Phi) is 5.09. The second kappa shape index (κ2) is 5.90. The maximum absolute atomic E-state index is 6.31. The van der Waals surface area contributed by atoms with Crippen LogP contribution in [0.3, 0.4) is 0 Å². The third kappa shape index (κ3) is 4.64. The summed E-state index contributed by atoms with van der Waals surface area (Å²) in [6, 6.07) is 6.42. The molecule has 114 valence electrons. The van der Waals surface area contributed by atoms with E-state index < -0.39 is 9.04 Å². The van der Waals surface area contributed by atoms with Gasteiger partial charge in [0.25, 0.3) is 0 Å². The van der Waals surface area contributed by atoms with Gasteiger partial charge in [-0.05, 0) is 47.2 Å². The average molecular weight is 294 g/mol. The summed E-state index contributed by atoms with van der Waals surface area (Å²) in [4.78, 5) is 0. The van der Waals surface area contributed by atoms with E-state index in [2.05, 4.69) is 72.8 Å². The molecule has 0 aliphatic rings. The Balaban J connectivity index is 3.30. The molecule has 2 N–H and O–H groups in total. The highest BCUT2D eigenvalue weighted by Crippen LogP contribution is 2.39. The smallest absolute Gasteiger partial charge is 0.171 e. The summed E-state index contributed by atoms with van der Waals surface area (Å²) in [5.41, 5.74) is 9.61. The van der Waals surface area contributed by atoms with E-state index >= 15 is 0 Å². The van der Waals surface area contributed by atoms with Crippen LogP contribution in [0.25, 0.3) is 0 Å². The highest BCUT2D eigenvalue weighted by Gasteiger charge is 2.29. The van der Waals surface area contributed by atoms with Gasteiger partial charge >= 0.3 is 0 Å². The van der Waals surface area contributed by atoms with Crippen LogP contribution in [-0.2, 0) is 9.84 Å². The van der Waals surface area contributed by atoms with E-state index in [-0.39, 0.29) is 16.9 Å². The fraction of sp³-hybridized carbons (Fsp3) is 0.647. The van der Waals surface area contributed by atoms with Crippen molar-refractivity contribution in [3.63, 3.8) is 0 Å². The molecule has 20 heavy (non-hydrogen) atoms. The predicted octanol–water partition coefficient (Wildman–Crippen LogP) is 4.65. The lowest BCUT2D eigenvalue weighted by atomic mass is 9.81. The topological polar surface area (TPSA) is 35.2 Å². The fourth-order valence-corrected chi connectivity index (χ4v) is 3.43. The summed E-state index contributed by atoms with van der Waals surface area (Å²) in [6.45, 7) is 17.8. The molecule has 0 bridgehead atoms. The lowest BCUT2D eigenvalue weighted by Crippen LogP contribution is -2.26. The van der Waals surface area contributed by atoms with Crippen molar-refractivity contribution in [1.29, 1.82) is 0 Å². The minimum absolute atomic E-state index is 0.0697. The fourth-order valence-electron chi connectivity index (χ4n) is 2.32. The molecule has 1 aromatic rings. The Labute approximate surface area is 126 Å². The number of nitrogen functional groups attached to an aromatic ring is 1. The van der Waals surface area contributed by atoms with Gasteiger partial charge in [-0.1, -0.05) is 47.6 Å². The molecule has 0 aromatic heterocycles. The van der Waals surface area contributed by atoms with E-state index in [1.165, 1.54) is 11.1 Å².